The zero-order valence-corrected chi connectivity index (χ0v) is 22.7. The molecule has 3 aromatic carbocycles. The summed E-state index contributed by atoms with van der Waals surface area (Å²) in [6, 6.07) is 16.6. The molecule has 10 nitrogen and oxygen atoms in total. The molecule has 0 saturated carbocycles. The van der Waals surface area contributed by atoms with E-state index in [1.54, 1.807) is 0 Å². The summed E-state index contributed by atoms with van der Waals surface area (Å²) in [7, 11) is -0.499. The molecule has 0 aliphatic rings. The van der Waals surface area contributed by atoms with Crippen LogP contribution in [0.2, 0.25) is 0 Å². The topological polar surface area (TPSA) is 142 Å². The van der Waals surface area contributed by atoms with Crippen molar-refractivity contribution in [2.45, 2.75) is 36.6 Å². The van der Waals surface area contributed by atoms with Gasteiger partial charge in [0.05, 0.1) is 19.1 Å². The van der Waals surface area contributed by atoms with Crippen molar-refractivity contribution in [2.24, 2.45) is 0 Å². The lowest BCUT2D eigenvalue weighted by molar-refractivity contribution is -0.138. The van der Waals surface area contributed by atoms with E-state index in [2.05, 4.69) is 10.0 Å². The molecule has 0 aliphatic carbocycles. The summed E-state index contributed by atoms with van der Waals surface area (Å²) in [5.74, 6) is -1.58. The van der Waals surface area contributed by atoms with Crippen molar-refractivity contribution in [3.8, 4) is 5.75 Å². The first-order valence-corrected chi connectivity index (χ1v) is 13.9. The SMILES string of the molecule is CN(C)CCCC(=O)Nc1ccc(S(=O)(=O)NC(C=O)CC(=O)O)c(OCCc2ccc3ccccc3c2)c1. The van der Waals surface area contributed by atoms with Crippen molar-refractivity contribution in [3.05, 3.63) is 66.2 Å². The summed E-state index contributed by atoms with van der Waals surface area (Å²) in [5, 5.41) is 13.9. The highest BCUT2D eigenvalue weighted by atomic mass is 32.2. The van der Waals surface area contributed by atoms with Gasteiger partial charge in [0.2, 0.25) is 15.9 Å². The number of sulfonamides is 1. The van der Waals surface area contributed by atoms with Gasteiger partial charge in [-0.3, -0.25) is 9.59 Å². The molecule has 1 amide bonds. The van der Waals surface area contributed by atoms with Crippen LogP contribution in [0.4, 0.5) is 5.69 Å². The Hall–Kier alpha value is -3.80. The van der Waals surface area contributed by atoms with Gasteiger partial charge in [0, 0.05) is 24.6 Å². The molecule has 0 spiro atoms. The largest absolute Gasteiger partial charge is 0.492 e. The number of aliphatic carboxylic acids is 1. The zero-order chi connectivity index (χ0) is 28.4. The number of rotatable bonds is 15. The van der Waals surface area contributed by atoms with Gasteiger partial charge in [-0.05, 0) is 55.5 Å². The van der Waals surface area contributed by atoms with Crippen molar-refractivity contribution in [3.63, 3.8) is 0 Å². The highest BCUT2D eigenvalue weighted by Crippen LogP contribution is 2.28. The number of benzene rings is 3. The van der Waals surface area contributed by atoms with Crippen molar-refractivity contribution >= 4 is 44.6 Å². The monoisotopic (exact) mass is 555 g/mol. The number of hydrogen-bond donors (Lipinski definition) is 3. The molecule has 0 saturated heterocycles. The molecule has 11 heteroatoms. The quantitative estimate of drug-likeness (QED) is 0.243. The molecule has 3 aromatic rings. The van der Waals surface area contributed by atoms with Crippen LogP contribution >= 0.6 is 0 Å². The molecule has 1 atom stereocenters. The number of amides is 1. The number of aldehydes is 1. The fourth-order valence-corrected chi connectivity index (χ4v) is 5.24. The summed E-state index contributed by atoms with van der Waals surface area (Å²) >= 11 is 0. The second kappa shape index (κ2) is 13.8. The minimum atomic E-state index is -4.33. The van der Waals surface area contributed by atoms with Gasteiger partial charge in [-0.25, -0.2) is 13.1 Å². The van der Waals surface area contributed by atoms with E-state index in [9.17, 15) is 22.8 Å². The number of fused-ring (bicyclic) bond motifs is 1. The van der Waals surface area contributed by atoms with E-state index >= 15 is 0 Å². The Morgan fingerprint density at radius 1 is 1.05 bits per heavy atom. The number of anilines is 1. The first-order chi connectivity index (χ1) is 18.6. The molecular weight excluding hydrogens is 522 g/mol. The number of ether oxygens (including phenoxy) is 1. The normalized spacial score (nSPS) is 12.3. The average Bonchev–Trinajstić information content (AvgIpc) is 2.87. The summed E-state index contributed by atoms with van der Waals surface area (Å²) in [5.41, 5.74) is 1.34. The van der Waals surface area contributed by atoms with Crippen LogP contribution in [-0.2, 0) is 30.8 Å². The Labute approximate surface area is 228 Å². The lowest BCUT2D eigenvalue weighted by Crippen LogP contribution is -2.37. The first kappa shape index (κ1) is 29.8. The number of carboxylic acids is 1. The molecular formula is C28H33N3O7S. The molecule has 0 aliphatic heterocycles. The van der Waals surface area contributed by atoms with Crippen LogP contribution in [0.15, 0.2) is 65.6 Å². The van der Waals surface area contributed by atoms with Crippen molar-refractivity contribution in [2.75, 3.05) is 32.6 Å². The molecule has 3 N–H and O–H groups in total. The Morgan fingerprint density at radius 3 is 2.49 bits per heavy atom. The molecule has 3 rings (SSSR count). The fourth-order valence-electron chi connectivity index (χ4n) is 3.94. The maximum Gasteiger partial charge on any atom is 0.305 e. The molecule has 0 heterocycles. The zero-order valence-electron chi connectivity index (χ0n) is 21.9. The van der Waals surface area contributed by atoms with Gasteiger partial charge < -0.3 is 24.9 Å². The summed E-state index contributed by atoms with van der Waals surface area (Å²) in [4.78, 5) is 36.4. The van der Waals surface area contributed by atoms with Gasteiger partial charge in [-0.15, -0.1) is 0 Å². The van der Waals surface area contributed by atoms with E-state index in [4.69, 9.17) is 9.84 Å². The molecule has 0 radical (unpaired) electrons. The third-order valence-corrected chi connectivity index (χ3v) is 7.38. The molecule has 0 bridgehead atoms. The van der Waals surface area contributed by atoms with Gasteiger partial charge in [-0.2, -0.15) is 0 Å². The summed E-state index contributed by atoms with van der Waals surface area (Å²) < 4.78 is 34.2. The minimum Gasteiger partial charge on any atom is -0.492 e. The van der Waals surface area contributed by atoms with Crippen LogP contribution in [-0.4, -0.2) is 69.9 Å². The lowest BCUT2D eigenvalue weighted by Gasteiger charge is -2.17. The third kappa shape index (κ3) is 9.17. The van der Waals surface area contributed by atoms with E-state index in [0.29, 0.717) is 18.5 Å². The predicted molar refractivity (Wildman–Crippen MR) is 148 cm³/mol. The van der Waals surface area contributed by atoms with Crippen molar-refractivity contribution in [1.29, 1.82) is 0 Å². The van der Waals surface area contributed by atoms with E-state index < -0.39 is 28.5 Å². The number of nitrogens with one attached hydrogen (secondary N) is 2. The van der Waals surface area contributed by atoms with Gasteiger partial charge in [0.15, 0.2) is 0 Å². The summed E-state index contributed by atoms with van der Waals surface area (Å²) in [6.07, 6.45) is 0.945. The lowest BCUT2D eigenvalue weighted by atomic mass is 10.1. The molecule has 39 heavy (non-hydrogen) atoms. The van der Waals surface area contributed by atoms with Crippen LogP contribution in [0.3, 0.4) is 0 Å². The number of nitrogens with zero attached hydrogens (tertiary/aromatic N) is 1. The number of carbonyl (C=O) groups is 3. The molecule has 0 aromatic heterocycles. The number of carbonyl (C=O) groups excluding carboxylic acids is 2. The van der Waals surface area contributed by atoms with Crippen LogP contribution in [0.1, 0.15) is 24.8 Å². The Bertz CT molecular complexity index is 1420. The highest BCUT2D eigenvalue weighted by Gasteiger charge is 2.25. The standard InChI is InChI=1S/C28H33N3O7S/c1-31(2)14-5-8-27(33)29-23-11-12-26(39(36,37)30-24(19-32)18-28(34)35)25(17-23)38-15-13-20-9-10-21-6-3-4-7-22(21)16-20/h3-4,6-7,9-12,16-17,19,24,30H,5,8,13-15,18H2,1-2H3,(H,29,33)(H,34,35). The third-order valence-electron chi connectivity index (χ3n) is 5.85. The van der Waals surface area contributed by atoms with Crippen molar-refractivity contribution in [1.82, 2.24) is 9.62 Å². The second-order valence-corrected chi connectivity index (χ2v) is 11.0. The fraction of sp³-hybridized carbons (Fsp3) is 0.321. The molecule has 0 fully saturated rings. The Balaban J connectivity index is 1.80. The van der Waals surface area contributed by atoms with Crippen LogP contribution in [0.5, 0.6) is 5.75 Å². The van der Waals surface area contributed by atoms with Gasteiger partial charge >= 0.3 is 5.97 Å². The van der Waals surface area contributed by atoms with Gasteiger partial charge in [0.25, 0.3) is 0 Å². The maximum absolute atomic E-state index is 13.1. The predicted octanol–water partition coefficient (Wildman–Crippen LogP) is 3.06. The Kier molecular flexibility index (Phi) is 10.6. The number of hydrogen-bond acceptors (Lipinski definition) is 7. The van der Waals surface area contributed by atoms with E-state index in [-0.39, 0.29) is 35.9 Å². The highest BCUT2D eigenvalue weighted by molar-refractivity contribution is 7.89. The van der Waals surface area contributed by atoms with Gasteiger partial charge in [0.1, 0.15) is 16.9 Å². The maximum atomic E-state index is 13.1. The van der Waals surface area contributed by atoms with Crippen LogP contribution < -0.4 is 14.8 Å². The van der Waals surface area contributed by atoms with Crippen LogP contribution in [0.25, 0.3) is 10.8 Å². The Morgan fingerprint density at radius 2 is 1.79 bits per heavy atom. The van der Waals surface area contributed by atoms with E-state index in [0.717, 1.165) is 22.9 Å². The molecule has 208 valence electrons. The average molecular weight is 556 g/mol. The molecule has 1 unspecified atom stereocenters. The smallest absolute Gasteiger partial charge is 0.305 e. The minimum absolute atomic E-state index is 0.0330. The van der Waals surface area contributed by atoms with Crippen molar-refractivity contribution < 1.29 is 32.6 Å². The van der Waals surface area contributed by atoms with Gasteiger partial charge in [-0.1, -0.05) is 42.5 Å². The first-order valence-electron chi connectivity index (χ1n) is 12.5. The van der Waals surface area contributed by atoms with E-state index in [1.165, 1.54) is 18.2 Å². The van der Waals surface area contributed by atoms with E-state index in [1.807, 2.05) is 61.5 Å². The second-order valence-electron chi connectivity index (χ2n) is 9.36. The van der Waals surface area contributed by atoms with Crippen LogP contribution in [0, 0.1) is 0 Å². The number of carboxylic acid groups (broad SMARTS) is 1. The summed E-state index contributed by atoms with van der Waals surface area (Å²) in [6.45, 7) is 0.876.